The van der Waals surface area contributed by atoms with Gasteiger partial charge in [0.2, 0.25) is 5.91 Å². The van der Waals surface area contributed by atoms with Gasteiger partial charge in [-0.1, -0.05) is 37.3 Å². The number of hydrogen-bond donors (Lipinski definition) is 2. The Kier molecular flexibility index (Phi) is 5.87. The van der Waals surface area contributed by atoms with Gasteiger partial charge in [0.15, 0.2) is 0 Å². The number of benzene rings is 1. The third-order valence-electron chi connectivity index (χ3n) is 2.40. The Labute approximate surface area is 106 Å². The Hall–Kier alpha value is -1.88. The normalized spacial score (nSPS) is 11.8. The zero-order valence-corrected chi connectivity index (χ0v) is 10.3. The minimum absolute atomic E-state index is 0.0767. The number of ether oxygens (including phenoxy) is 1. The molecule has 0 heterocycles. The Morgan fingerprint density at radius 1 is 1.28 bits per heavy atom. The summed E-state index contributed by atoms with van der Waals surface area (Å²) < 4.78 is 4.73. The first-order valence-electron chi connectivity index (χ1n) is 5.77. The summed E-state index contributed by atoms with van der Waals surface area (Å²) in [5.41, 5.74) is 1.02. The van der Waals surface area contributed by atoms with Gasteiger partial charge in [-0.25, -0.2) is 4.79 Å². The summed E-state index contributed by atoms with van der Waals surface area (Å²) in [4.78, 5) is 21.8. The van der Waals surface area contributed by atoms with Crippen molar-refractivity contribution >= 4 is 11.9 Å². The van der Waals surface area contributed by atoms with Gasteiger partial charge in [0.05, 0.1) is 6.04 Å². The highest BCUT2D eigenvalue weighted by molar-refractivity contribution is 5.78. The SMILES string of the molecule is CCC(NC(=O)COCC(=O)O)c1ccccc1. The zero-order valence-electron chi connectivity index (χ0n) is 10.3. The van der Waals surface area contributed by atoms with Gasteiger partial charge < -0.3 is 15.2 Å². The van der Waals surface area contributed by atoms with E-state index < -0.39 is 12.6 Å². The van der Waals surface area contributed by atoms with Crippen LogP contribution in [0, 0.1) is 0 Å². The molecule has 1 aromatic carbocycles. The lowest BCUT2D eigenvalue weighted by atomic mass is 10.0. The molecule has 1 unspecified atom stereocenters. The molecular weight excluding hydrogens is 234 g/mol. The smallest absolute Gasteiger partial charge is 0.329 e. The number of carboxylic acid groups (broad SMARTS) is 1. The first-order valence-corrected chi connectivity index (χ1v) is 5.77. The number of hydrogen-bond acceptors (Lipinski definition) is 3. The molecule has 0 fully saturated rings. The van der Waals surface area contributed by atoms with Crippen LogP contribution in [0.1, 0.15) is 24.9 Å². The van der Waals surface area contributed by atoms with Gasteiger partial charge in [0.25, 0.3) is 0 Å². The maximum atomic E-state index is 11.5. The Bertz CT molecular complexity index is 391. The molecule has 98 valence electrons. The van der Waals surface area contributed by atoms with Gasteiger partial charge in [-0.2, -0.15) is 0 Å². The predicted molar refractivity (Wildman–Crippen MR) is 66.1 cm³/mol. The second kappa shape index (κ2) is 7.45. The molecule has 0 aliphatic rings. The fraction of sp³-hybridized carbons (Fsp3) is 0.385. The maximum Gasteiger partial charge on any atom is 0.329 e. The van der Waals surface area contributed by atoms with Crippen LogP contribution < -0.4 is 5.32 Å². The van der Waals surface area contributed by atoms with Crippen LogP contribution in [-0.4, -0.2) is 30.2 Å². The standard InChI is InChI=1S/C13H17NO4/c1-2-11(10-6-4-3-5-7-10)14-12(15)8-18-9-13(16)17/h3-7,11H,2,8-9H2,1H3,(H,14,15)(H,16,17). The summed E-state index contributed by atoms with van der Waals surface area (Å²) in [7, 11) is 0. The van der Waals surface area contributed by atoms with E-state index in [1.165, 1.54) is 0 Å². The number of carbonyl (C=O) groups is 2. The average Bonchev–Trinajstić information content (AvgIpc) is 2.36. The van der Waals surface area contributed by atoms with E-state index in [0.29, 0.717) is 0 Å². The van der Waals surface area contributed by atoms with Crippen LogP contribution in [0.2, 0.25) is 0 Å². The molecule has 0 saturated heterocycles. The fourth-order valence-electron chi connectivity index (χ4n) is 1.57. The summed E-state index contributed by atoms with van der Waals surface area (Å²) in [6.07, 6.45) is 0.759. The zero-order chi connectivity index (χ0) is 13.4. The third kappa shape index (κ3) is 4.97. The van der Waals surface area contributed by atoms with E-state index in [2.05, 4.69) is 5.32 Å². The molecule has 0 spiro atoms. The summed E-state index contributed by atoms with van der Waals surface area (Å²) in [6, 6.07) is 9.52. The van der Waals surface area contributed by atoms with Gasteiger partial charge in [-0.3, -0.25) is 4.79 Å². The highest BCUT2D eigenvalue weighted by Gasteiger charge is 2.12. The van der Waals surface area contributed by atoms with Crippen LogP contribution in [0.15, 0.2) is 30.3 Å². The summed E-state index contributed by atoms with van der Waals surface area (Å²) in [5, 5.41) is 11.2. The van der Waals surface area contributed by atoms with Crippen molar-refractivity contribution in [2.75, 3.05) is 13.2 Å². The third-order valence-corrected chi connectivity index (χ3v) is 2.40. The number of aliphatic carboxylic acids is 1. The van der Waals surface area contributed by atoms with Crippen LogP contribution in [0.5, 0.6) is 0 Å². The quantitative estimate of drug-likeness (QED) is 0.767. The largest absolute Gasteiger partial charge is 0.480 e. The second-order valence-electron chi connectivity index (χ2n) is 3.83. The van der Waals surface area contributed by atoms with E-state index in [4.69, 9.17) is 9.84 Å². The van der Waals surface area contributed by atoms with E-state index in [-0.39, 0.29) is 18.6 Å². The van der Waals surface area contributed by atoms with Crippen LogP contribution in [0.3, 0.4) is 0 Å². The van der Waals surface area contributed by atoms with Crippen LogP contribution >= 0.6 is 0 Å². The summed E-state index contributed by atoms with van der Waals surface area (Å²) >= 11 is 0. The molecule has 5 heteroatoms. The van der Waals surface area contributed by atoms with Crippen molar-refractivity contribution in [2.45, 2.75) is 19.4 Å². The fourth-order valence-corrected chi connectivity index (χ4v) is 1.57. The Balaban J connectivity index is 2.44. The molecule has 0 radical (unpaired) electrons. The molecule has 18 heavy (non-hydrogen) atoms. The van der Waals surface area contributed by atoms with Crippen LogP contribution in [0.25, 0.3) is 0 Å². The summed E-state index contributed by atoms with van der Waals surface area (Å²) in [5.74, 6) is -1.40. The average molecular weight is 251 g/mol. The first kappa shape index (κ1) is 14.2. The number of rotatable bonds is 7. The van der Waals surface area contributed by atoms with Gasteiger partial charge in [-0.15, -0.1) is 0 Å². The minimum Gasteiger partial charge on any atom is -0.480 e. The van der Waals surface area contributed by atoms with E-state index in [1.807, 2.05) is 37.3 Å². The lowest BCUT2D eigenvalue weighted by Crippen LogP contribution is -2.32. The van der Waals surface area contributed by atoms with Gasteiger partial charge in [-0.05, 0) is 12.0 Å². The molecule has 5 nitrogen and oxygen atoms in total. The van der Waals surface area contributed by atoms with Crippen molar-refractivity contribution in [3.8, 4) is 0 Å². The number of carbonyl (C=O) groups excluding carboxylic acids is 1. The number of nitrogens with one attached hydrogen (secondary N) is 1. The van der Waals surface area contributed by atoms with Crippen molar-refractivity contribution in [1.82, 2.24) is 5.32 Å². The van der Waals surface area contributed by atoms with E-state index in [1.54, 1.807) is 0 Å². The molecular formula is C13H17NO4. The van der Waals surface area contributed by atoms with E-state index >= 15 is 0 Å². The summed E-state index contributed by atoms with van der Waals surface area (Å²) in [6.45, 7) is 1.27. The van der Waals surface area contributed by atoms with Crippen LogP contribution in [-0.2, 0) is 14.3 Å². The first-order chi connectivity index (χ1) is 8.63. The Morgan fingerprint density at radius 3 is 2.50 bits per heavy atom. The molecule has 2 N–H and O–H groups in total. The lowest BCUT2D eigenvalue weighted by Gasteiger charge is -2.17. The molecule has 1 rings (SSSR count). The van der Waals surface area contributed by atoms with E-state index in [9.17, 15) is 9.59 Å². The topological polar surface area (TPSA) is 75.6 Å². The molecule has 0 aliphatic heterocycles. The molecule has 0 bridgehead atoms. The minimum atomic E-state index is -1.09. The number of carboxylic acids is 1. The monoisotopic (exact) mass is 251 g/mol. The van der Waals surface area contributed by atoms with Crippen molar-refractivity contribution < 1.29 is 19.4 Å². The molecule has 1 amide bonds. The Morgan fingerprint density at radius 2 is 1.94 bits per heavy atom. The highest BCUT2D eigenvalue weighted by Crippen LogP contribution is 2.15. The molecule has 1 aromatic rings. The van der Waals surface area contributed by atoms with Crippen molar-refractivity contribution in [3.63, 3.8) is 0 Å². The predicted octanol–water partition coefficient (Wildman–Crippen LogP) is 1.36. The van der Waals surface area contributed by atoms with E-state index in [0.717, 1.165) is 12.0 Å². The van der Waals surface area contributed by atoms with Gasteiger partial charge >= 0.3 is 5.97 Å². The van der Waals surface area contributed by atoms with Crippen LogP contribution in [0.4, 0.5) is 0 Å². The second-order valence-corrected chi connectivity index (χ2v) is 3.83. The molecule has 1 atom stereocenters. The molecule has 0 aromatic heterocycles. The van der Waals surface area contributed by atoms with Crippen molar-refractivity contribution in [2.24, 2.45) is 0 Å². The highest BCUT2D eigenvalue weighted by atomic mass is 16.5. The van der Waals surface area contributed by atoms with Crippen molar-refractivity contribution in [3.05, 3.63) is 35.9 Å². The van der Waals surface area contributed by atoms with Gasteiger partial charge in [0.1, 0.15) is 13.2 Å². The molecule has 0 aliphatic carbocycles. The van der Waals surface area contributed by atoms with Crippen molar-refractivity contribution in [1.29, 1.82) is 0 Å². The number of amides is 1. The van der Waals surface area contributed by atoms with Gasteiger partial charge in [0, 0.05) is 0 Å². The lowest BCUT2D eigenvalue weighted by molar-refractivity contribution is -0.143. The molecule has 0 saturated carbocycles. The maximum absolute atomic E-state index is 11.5.